The van der Waals surface area contributed by atoms with Crippen molar-refractivity contribution in [2.45, 2.75) is 31.7 Å². The van der Waals surface area contributed by atoms with E-state index in [9.17, 15) is 27.9 Å². The van der Waals surface area contributed by atoms with Gasteiger partial charge in [-0.25, -0.2) is 27.9 Å². The van der Waals surface area contributed by atoms with Gasteiger partial charge < -0.3 is 15.3 Å². The van der Waals surface area contributed by atoms with E-state index in [1.54, 1.807) is 6.92 Å². The second-order valence-corrected chi connectivity index (χ2v) is 8.67. The number of hydrogen-bond acceptors (Lipinski definition) is 6. The summed E-state index contributed by atoms with van der Waals surface area (Å²) >= 11 is 12.0. The molecule has 3 aromatic rings. The van der Waals surface area contributed by atoms with E-state index in [0.29, 0.717) is 0 Å². The topological polar surface area (TPSA) is 99.8 Å². The fourth-order valence-corrected chi connectivity index (χ4v) is 4.20. The van der Waals surface area contributed by atoms with E-state index in [2.05, 4.69) is 15.3 Å². The van der Waals surface area contributed by atoms with Gasteiger partial charge in [-0.1, -0.05) is 23.2 Å². The van der Waals surface area contributed by atoms with Crippen molar-refractivity contribution in [1.29, 1.82) is 0 Å². The molecule has 0 unspecified atom stereocenters. The van der Waals surface area contributed by atoms with Crippen LogP contribution >= 0.6 is 23.2 Å². The molecule has 4 rings (SSSR count). The Balaban J connectivity index is 1.79. The molecule has 0 aliphatic carbocycles. The minimum atomic E-state index is -2.81. The predicted molar refractivity (Wildman–Crippen MR) is 121 cm³/mol. The second kappa shape index (κ2) is 8.95. The fourth-order valence-electron chi connectivity index (χ4n) is 3.80. The molecule has 1 saturated heterocycles. The van der Waals surface area contributed by atoms with Gasteiger partial charge in [0.15, 0.2) is 11.5 Å². The van der Waals surface area contributed by atoms with Gasteiger partial charge in [0, 0.05) is 37.7 Å². The number of alkyl halides is 2. The van der Waals surface area contributed by atoms with Crippen LogP contribution in [0.15, 0.2) is 29.2 Å². The van der Waals surface area contributed by atoms with Crippen molar-refractivity contribution in [3.63, 3.8) is 0 Å². The lowest BCUT2D eigenvalue weighted by atomic mass is 10.1. The molecule has 13 heteroatoms. The smallest absolute Gasteiger partial charge is 0.356 e. The molecule has 0 amide bonds. The number of halogens is 5. The van der Waals surface area contributed by atoms with Crippen molar-refractivity contribution >= 4 is 46.3 Å². The van der Waals surface area contributed by atoms with Crippen molar-refractivity contribution in [2.24, 2.45) is 0 Å². The molecule has 1 aliphatic rings. The van der Waals surface area contributed by atoms with E-state index in [4.69, 9.17) is 23.2 Å². The highest BCUT2D eigenvalue weighted by atomic mass is 35.5. The maximum absolute atomic E-state index is 14.4. The van der Waals surface area contributed by atoms with Crippen LogP contribution < -0.4 is 15.8 Å². The average Bonchev–Trinajstić information content (AvgIpc) is 2.77. The van der Waals surface area contributed by atoms with Crippen molar-refractivity contribution in [3.8, 4) is 0 Å². The van der Waals surface area contributed by atoms with E-state index in [-0.39, 0.29) is 51.7 Å². The monoisotopic (exact) mass is 515 g/mol. The van der Waals surface area contributed by atoms with Crippen LogP contribution in [0.5, 0.6) is 0 Å². The quantitative estimate of drug-likeness (QED) is 0.477. The third-order valence-electron chi connectivity index (χ3n) is 5.54. The summed E-state index contributed by atoms with van der Waals surface area (Å²) in [5.74, 6) is -4.86. The van der Waals surface area contributed by atoms with Crippen LogP contribution in [0.4, 0.5) is 24.7 Å². The zero-order valence-electron chi connectivity index (χ0n) is 17.7. The molecule has 0 aromatic carbocycles. The summed E-state index contributed by atoms with van der Waals surface area (Å²) in [5, 5.41) is 12.0. The number of pyridine rings is 2. The summed E-state index contributed by atoms with van der Waals surface area (Å²) in [6.45, 7) is 1.49. The van der Waals surface area contributed by atoms with Crippen LogP contribution in [-0.2, 0) is 0 Å². The summed E-state index contributed by atoms with van der Waals surface area (Å²) in [5.41, 5.74) is -0.735. The molecule has 4 heterocycles. The predicted octanol–water partition coefficient (Wildman–Crippen LogP) is 4.64. The lowest BCUT2D eigenvalue weighted by Gasteiger charge is -2.33. The van der Waals surface area contributed by atoms with Crippen molar-refractivity contribution in [2.75, 3.05) is 23.3 Å². The average molecular weight is 516 g/mol. The van der Waals surface area contributed by atoms with Crippen molar-refractivity contribution < 1.29 is 23.1 Å². The molecule has 1 aliphatic heterocycles. The number of nitrogens with zero attached hydrogens (tertiary/aromatic N) is 4. The third-order valence-corrected chi connectivity index (χ3v) is 6.08. The van der Waals surface area contributed by atoms with E-state index in [0.717, 1.165) is 16.7 Å². The zero-order valence-corrected chi connectivity index (χ0v) is 19.2. The molecular weight excluding hydrogens is 498 g/mol. The molecule has 0 radical (unpaired) electrons. The first kappa shape index (κ1) is 24.1. The third kappa shape index (κ3) is 4.62. The molecule has 1 atom stereocenters. The van der Waals surface area contributed by atoms with Gasteiger partial charge in [-0.05, 0) is 25.1 Å². The number of carbonyl (C=O) groups is 1. The van der Waals surface area contributed by atoms with Gasteiger partial charge in [-0.2, -0.15) is 0 Å². The van der Waals surface area contributed by atoms with E-state index < -0.39 is 42.2 Å². The number of rotatable bonds is 5. The Labute approximate surface area is 201 Å². The maximum Gasteiger partial charge on any atom is 0.356 e. The number of fused-ring (bicyclic) bond motifs is 1. The molecule has 3 aromatic heterocycles. The van der Waals surface area contributed by atoms with Gasteiger partial charge in [-0.3, -0.25) is 9.20 Å². The summed E-state index contributed by atoms with van der Waals surface area (Å²) in [4.78, 5) is 34.2. The van der Waals surface area contributed by atoms with E-state index >= 15 is 0 Å². The van der Waals surface area contributed by atoms with E-state index in [1.165, 1.54) is 17.0 Å². The Hall–Kier alpha value is -3.05. The zero-order chi connectivity index (χ0) is 24.8. The first-order valence-corrected chi connectivity index (χ1v) is 10.9. The minimum absolute atomic E-state index is 0.0218. The Kier molecular flexibility index (Phi) is 6.34. The Morgan fingerprint density at radius 3 is 2.56 bits per heavy atom. The van der Waals surface area contributed by atoms with Crippen LogP contribution in [-0.4, -0.2) is 44.5 Å². The van der Waals surface area contributed by atoms with Gasteiger partial charge in [0.1, 0.15) is 21.6 Å². The van der Waals surface area contributed by atoms with E-state index in [1.807, 2.05) is 0 Å². The van der Waals surface area contributed by atoms with Crippen LogP contribution in [0.1, 0.15) is 41.9 Å². The standard InChI is InChI=1S/C21H18Cl2F3N5O3/c1-10(27-13-2-3-14(22)28-16(13)20(33)34)12-8-11(24)9-31-17(12)29-18(15(23)19(31)32)30-6-4-21(25,26)5-7-30/h2-3,8-10,27H,4-7H2,1H3,(H,33,34)/t10-/m1/s1. The van der Waals surface area contributed by atoms with Gasteiger partial charge in [-0.15, -0.1) is 0 Å². The summed E-state index contributed by atoms with van der Waals surface area (Å²) in [6.07, 6.45) is 0.0910. The second-order valence-electron chi connectivity index (χ2n) is 7.91. The van der Waals surface area contributed by atoms with Gasteiger partial charge in [0.25, 0.3) is 11.5 Å². The molecule has 0 spiro atoms. The molecule has 180 valence electrons. The largest absolute Gasteiger partial charge is 0.476 e. The molecule has 0 bridgehead atoms. The maximum atomic E-state index is 14.4. The highest BCUT2D eigenvalue weighted by Crippen LogP contribution is 2.33. The van der Waals surface area contributed by atoms with Crippen LogP contribution in [0.25, 0.3) is 5.65 Å². The lowest BCUT2D eigenvalue weighted by molar-refractivity contribution is -0.0221. The molecular formula is C21H18Cl2F3N5O3. The summed E-state index contributed by atoms with van der Waals surface area (Å²) < 4.78 is 42.6. The highest BCUT2D eigenvalue weighted by molar-refractivity contribution is 6.32. The van der Waals surface area contributed by atoms with Crippen LogP contribution in [0.2, 0.25) is 10.2 Å². The van der Waals surface area contributed by atoms with Crippen LogP contribution in [0, 0.1) is 5.82 Å². The number of aromatic nitrogens is 3. The molecule has 0 saturated carbocycles. The number of carboxylic acid groups (broad SMARTS) is 1. The lowest BCUT2D eigenvalue weighted by Crippen LogP contribution is -2.40. The number of carboxylic acids is 1. The first-order chi connectivity index (χ1) is 16.0. The number of anilines is 2. The fraction of sp³-hybridized carbons (Fsp3) is 0.333. The Bertz CT molecular complexity index is 1340. The minimum Gasteiger partial charge on any atom is -0.476 e. The van der Waals surface area contributed by atoms with Gasteiger partial charge >= 0.3 is 5.97 Å². The van der Waals surface area contributed by atoms with Gasteiger partial charge in [0.05, 0.1) is 11.7 Å². The number of hydrogen-bond donors (Lipinski definition) is 2. The molecule has 8 nitrogen and oxygen atoms in total. The van der Waals surface area contributed by atoms with Gasteiger partial charge in [0.2, 0.25) is 0 Å². The number of piperidine rings is 1. The molecule has 1 fully saturated rings. The Morgan fingerprint density at radius 1 is 1.24 bits per heavy atom. The summed E-state index contributed by atoms with van der Waals surface area (Å²) in [6, 6.07) is 3.19. The number of aromatic carboxylic acids is 1. The van der Waals surface area contributed by atoms with Crippen molar-refractivity contribution in [1.82, 2.24) is 14.4 Å². The van der Waals surface area contributed by atoms with Crippen molar-refractivity contribution in [3.05, 3.63) is 62.0 Å². The SMILES string of the molecule is C[C@@H](Nc1ccc(Cl)nc1C(=O)O)c1cc(F)cn2c(=O)c(Cl)c(N3CCC(F)(F)CC3)nc12. The van der Waals surface area contributed by atoms with Crippen LogP contribution in [0.3, 0.4) is 0 Å². The molecule has 2 N–H and O–H groups in total. The summed E-state index contributed by atoms with van der Waals surface area (Å²) in [7, 11) is 0. The Morgan fingerprint density at radius 2 is 1.91 bits per heavy atom. The first-order valence-electron chi connectivity index (χ1n) is 10.2. The molecule has 34 heavy (non-hydrogen) atoms. The number of nitrogens with one attached hydrogen (secondary N) is 1. The normalized spacial score (nSPS) is 16.5. The highest BCUT2D eigenvalue weighted by Gasteiger charge is 2.35.